The second kappa shape index (κ2) is 4.70. The molecule has 1 aliphatic rings. The fraction of sp³-hybridized carbons (Fsp3) is 0.611. The number of Topliss-reactive ketones (excluding diaryl/α,β-unsaturated/α-hetero) is 1. The van der Waals surface area contributed by atoms with Gasteiger partial charge in [-0.05, 0) is 53.5 Å². The van der Waals surface area contributed by atoms with Crippen molar-refractivity contribution in [3.05, 3.63) is 35.9 Å². The first-order valence-corrected chi connectivity index (χ1v) is 7.36. The van der Waals surface area contributed by atoms with Gasteiger partial charge in [0.05, 0.1) is 11.2 Å². The zero-order valence-corrected chi connectivity index (χ0v) is 13.5. The zero-order valence-electron chi connectivity index (χ0n) is 13.5. The van der Waals surface area contributed by atoms with Crippen LogP contribution in [0.5, 0.6) is 0 Å². The molecule has 2 nitrogen and oxygen atoms in total. The molecular weight excluding hydrogens is 248 g/mol. The van der Waals surface area contributed by atoms with Crippen molar-refractivity contribution in [1.29, 1.82) is 0 Å². The van der Waals surface area contributed by atoms with E-state index in [0.717, 1.165) is 12.0 Å². The molecule has 0 radical (unpaired) electrons. The van der Waals surface area contributed by atoms with Gasteiger partial charge in [-0.25, -0.2) is 0 Å². The Morgan fingerprint density at radius 3 is 2.15 bits per heavy atom. The molecule has 1 fully saturated rings. The van der Waals surface area contributed by atoms with Gasteiger partial charge in [0.25, 0.3) is 0 Å². The number of rotatable bonds is 3. The highest BCUT2D eigenvalue weighted by Gasteiger charge is 2.52. The number of ether oxygens (including phenoxy) is 1. The Balaban J connectivity index is 2.32. The molecule has 1 unspecified atom stereocenters. The Bertz CT molecular complexity index is 497. The van der Waals surface area contributed by atoms with Gasteiger partial charge in [0, 0.05) is 11.3 Å². The van der Waals surface area contributed by atoms with Crippen LogP contribution in [0.15, 0.2) is 30.3 Å². The van der Waals surface area contributed by atoms with Crippen molar-refractivity contribution in [2.45, 2.75) is 64.6 Å². The second-order valence-corrected chi connectivity index (χ2v) is 7.58. The number of carbonyl (C=O) groups is 1. The Hall–Kier alpha value is -1.15. The van der Waals surface area contributed by atoms with E-state index >= 15 is 0 Å². The minimum atomic E-state index is -0.479. The van der Waals surface area contributed by atoms with Gasteiger partial charge in [-0.2, -0.15) is 0 Å². The van der Waals surface area contributed by atoms with Gasteiger partial charge in [-0.3, -0.25) is 4.79 Å². The van der Waals surface area contributed by atoms with Gasteiger partial charge in [0.15, 0.2) is 0 Å². The average Bonchev–Trinajstić information content (AvgIpc) is 2.57. The summed E-state index contributed by atoms with van der Waals surface area (Å²) in [5.41, 5.74) is -0.0264. The maximum Gasteiger partial charge on any atom is 0.148 e. The Labute approximate surface area is 122 Å². The summed E-state index contributed by atoms with van der Waals surface area (Å²) < 4.78 is 6.08. The van der Waals surface area contributed by atoms with E-state index in [1.54, 1.807) is 0 Å². The number of hydrogen-bond donors (Lipinski definition) is 0. The molecule has 0 spiro atoms. The molecular formula is C18H26O2. The summed E-state index contributed by atoms with van der Waals surface area (Å²) in [6.45, 7) is 12.2. The molecule has 0 saturated carbocycles. The van der Waals surface area contributed by atoms with Gasteiger partial charge in [0.2, 0.25) is 0 Å². The predicted octanol–water partition coefficient (Wildman–Crippen LogP) is 4.13. The number of benzene rings is 1. The number of carbonyl (C=O) groups excluding carboxylic acids is 1. The highest BCUT2D eigenvalue weighted by atomic mass is 16.5. The Morgan fingerprint density at radius 1 is 1.15 bits per heavy atom. The molecule has 2 rings (SSSR count). The van der Waals surface area contributed by atoms with Gasteiger partial charge in [-0.1, -0.05) is 30.3 Å². The van der Waals surface area contributed by atoms with Crippen LogP contribution in [-0.4, -0.2) is 17.0 Å². The highest BCUT2D eigenvalue weighted by Crippen LogP contribution is 2.45. The first-order chi connectivity index (χ1) is 9.06. The van der Waals surface area contributed by atoms with E-state index in [9.17, 15) is 4.79 Å². The van der Waals surface area contributed by atoms with Gasteiger partial charge in [0.1, 0.15) is 5.78 Å². The second-order valence-electron chi connectivity index (χ2n) is 7.58. The summed E-state index contributed by atoms with van der Waals surface area (Å²) in [6, 6.07) is 10.0. The van der Waals surface area contributed by atoms with Crippen LogP contribution in [-0.2, 0) is 14.9 Å². The third-order valence-corrected chi connectivity index (χ3v) is 4.50. The minimum absolute atomic E-state index is 0.0623. The first kappa shape index (κ1) is 15.2. The van der Waals surface area contributed by atoms with Crippen molar-refractivity contribution in [3.63, 3.8) is 0 Å². The molecule has 1 aromatic carbocycles. The van der Waals surface area contributed by atoms with Crippen molar-refractivity contribution in [1.82, 2.24) is 0 Å². The van der Waals surface area contributed by atoms with Crippen molar-refractivity contribution in [2.75, 3.05) is 0 Å². The number of hydrogen-bond acceptors (Lipinski definition) is 2. The average molecular weight is 274 g/mol. The van der Waals surface area contributed by atoms with Crippen molar-refractivity contribution >= 4 is 5.78 Å². The van der Waals surface area contributed by atoms with Crippen LogP contribution in [0.25, 0.3) is 0 Å². The highest BCUT2D eigenvalue weighted by molar-refractivity contribution is 5.92. The van der Waals surface area contributed by atoms with E-state index in [1.165, 1.54) is 0 Å². The molecule has 1 atom stereocenters. The third kappa shape index (κ3) is 2.67. The summed E-state index contributed by atoms with van der Waals surface area (Å²) in [4.78, 5) is 13.1. The molecule has 20 heavy (non-hydrogen) atoms. The van der Waals surface area contributed by atoms with Crippen LogP contribution in [0.4, 0.5) is 0 Å². The lowest BCUT2D eigenvalue weighted by molar-refractivity contribution is -0.134. The smallest absolute Gasteiger partial charge is 0.148 e. The first-order valence-electron chi connectivity index (χ1n) is 7.36. The van der Waals surface area contributed by atoms with Crippen molar-refractivity contribution in [3.8, 4) is 0 Å². The maximum atomic E-state index is 13.1. The van der Waals surface area contributed by atoms with Crippen molar-refractivity contribution in [2.24, 2.45) is 5.92 Å². The summed E-state index contributed by atoms with van der Waals surface area (Å²) >= 11 is 0. The molecule has 2 heteroatoms. The van der Waals surface area contributed by atoms with Crippen LogP contribution in [0.2, 0.25) is 0 Å². The standard InChI is InChI=1S/C18H26O2/c1-16(2)12-14(18(5,6)20-16)15(19)17(3,4)13-10-8-7-9-11-13/h7-11,14H,12H2,1-6H3. The zero-order chi connectivity index (χ0) is 15.2. The Morgan fingerprint density at radius 2 is 1.70 bits per heavy atom. The van der Waals surface area contributed by atoms with Crippen LogP contribution in [0.1, 0.15) is 53.5 Å². The van der Waals surface area contributed by atoms with E-state index in [1.807, 2.05) is 58.0 Å². The molecule has 0 N–H and O–H groups in total. The van der Waals surface area contributed by atoms with Crippen molar-refractivity contribution < 1.29 is 9.53 Å². The molecule has 0 aromatic heterocycles. The lowest BCUT2D eigenvalue weighted by Gasteiger charge is -2.32. The van der Waals surface area contributed by atoms with Gasteiger partial charge in [-0.15, -0.1) is 0 Å². The molecule has 1 heterocycles. The largest absolute Gasteiger partial charge is 0.369 e. The van der Waals surface area contributed by atoms with Crippen LogP contribution < -0.4 is 0 Å². The molecule has 0 aliphatic carbocycles. The summed E-state index contributed by atoms with van der Waals surface area (Å²) in [6.07, 6.45) is 0.787. The summed E-state index contributed by atoms with van der Waals surface area (Å²) in [7, 11) is 0. The van der Waals surface area contributed by atoms with Crippen LogP contribution >= 0.6 is 0 Å². The lowest BCUT2D eigenvalue weighted by Crippen LogP contribution is -2.42. The van der Waals surface area contributed by atoms with Gasteiger partial charge >= 0.3 is 0 Å². The third-order valence-electron chi connectivity index (χ3n) is 4.50. The quantitative estimate of drug-likeness (QED) is 0.828. The fourth-order valence-corrected chi connectivity index (χ4v) is 3.40. The Kier molecular flexibility index (Phi) is 3.58. The normalized spacial score (nSPS) is 24.6. The maximum absolute atomic E-state index is 13.1. The SMILES string of the molecule is CC1(C)CC(C(=O)C(C)(C)c2ccccc2)C(C)(C)O1. The molecule has 0 bridgehead atoms. The van der Waals surface area contributed by atoms with E-state index in [2.05, 4.69) is 13.8 Å². The van der Waals surface area contributed by atoms with Crippen LogP contribution in [0.3, 0.4) is 0 Å². The monoisotopic (exact) mass is 274 g/mol. The predicted molar refractivity (Wildman–Crippen MR) is 81.8 cm³/mol. The van der Waals surface area contributed by atoms with E-state index < -0.39 is 11.0 Å². The summed E-state index contributed by atoms with van der Waals surface area (Å²) in [5.74, 6) is 0.215. The minimum Gasteiger partial charge on any atom is -0.369 e. The fourth-order valence-electron chi connectivity index (χ4n) is 3.40. The van der Waals surface area contributed by atoms with Gasteiger partial charge < -0.3 is 4.74 Å². The molecule has 0 amide bonds. The van der Waals surface area contributed by atoms with E-state index in [-0.39, 0.29) is 17.3 Å². The molecule has 1 aromatic rings. The number of ketones is 1. The van der Waals surface area contributed by atoms with Crippen LogP contribution in [0, 0.1) is 5.92 Å². The van der Waals surface area contributed by atoms with E-state index in [0.29, 0.717) is 0 Å². The molecule has 1 aliphatic heterocycles. The summed E-state index contributed by atoms with van der Waals surface area (Å²) in [5, 5.41) is 0. The van der Waals surface area contributed by atoms with E-state index in [4.69, 9.17) is 4.74 Å². The molecule has 110 valence electrons. The molecule has 1 saturated heterocycles. The lowest BCUT2D eigenvalue weighted by atomic mass is 9.70. The topological polar surface area (TPSA) is 26.3 Å².